The molecule has 1 aliphatic heterocycles. The van der Waals surface area contributed by atoms with Gasteiger partial charge in [-0.25, -0.2) is 15.0 Å². The molecule has 0 spiro atoms. The maximum Gasteiger partial charge on any atom is 0.262 e. The molecule has 1 aromatic carbocycles. The lowest BCUT2D eigenvalue weighted by Crippen LogP contribution is -2.30. The standard InChI is InChI=1S/C26H29N5OS2/c1-2-13-31-25(32)17-9-4-5-11-19(17)27-26(31)34-24-22-18-10-8-12-20(18)33-23(22)28-21(29-24)16-30-14-6-3-7-15-30/h4-5,9,11H,2-3,6-8,10,12-16H2,1H3. The highest BCUT2D eigenvalue weighted by Crippen LogP contribution is 2.42. The summed E-state index contributed by atoms with van der Waals surface area (Å²) >= 11 is 3.38. The molecule has 2 aliphatic rings. The van der Waals surface area contributed by atoms with E-state index in [1.807, 2.05) is 40.2 Å². The molecule has 4 heterocycles. The molecule has 1 fully saturated rings. The van der Waals surface area contributed by atoms with Gasteiger partial charge in [0.15, 0.2) is 5.16 Å². The summed E-state index contributed by atoms with van der Waals surface area (Å²) < 4.78 is 1.83. The molecule has 4 aromatic rings. The fraction of sp³-hybridized carbons (Fsp3) is 0.462. The van der Waals surface area contributed by atoms with Crippen LogP contribution in [0.3, 0.4) is 0 Å². The Balaban J connectivity index is 1.48. The van der Waals surface area contributed by atoms with E-state index in [0.29, 0.717) is 11.9 Å². The number of likely N-dealkylation sites (tertiary alicyclic amines) is 1. The summed E-state index contributed by atoms with van der Waals surface area (Å²) in [4.78, 5) is 33.4. The first-order valence-corrected chi connectivity index (χ1v) is 14.1. The van der Waals surface area contributed by atoms with Crippen molar-refractivity contribution in [2.75, 3.05) is 13.1 Å². The van der Waals surface area contributed by atoms with E-state index >= 15 is 0 Å². The van der Waals surface area contributed by atoms with E-state index in [9.17, 15) is 4.79 Å². The molecule has 1 saturated heterocycles. The maximum atomic E-state index is 13.3. The molecule has 0 saturated carbocycles. The second-order valence-corrected chi connectivity index (χ2v) is 11.3. The highest BCUT2D eigenvalue weighted by Gasteiger charge is 2.25. The molecule has 0 N–H and O–H groups in total. The van der Waals surface area contributed by atoms with E-state index in [1.165, 1.54) is 41.5 Å². The lowest BCUT2D eigenvalue weighted by molar-refractivity contribution is 0.216. The highest BCUT2D eigenvalue weighted by atomic mass is 32.2. The van der Waals surface area contributed by atoms with Crippen LogP contribution in [0, 0.1) is 0 Å². The number of para-hydroxylation sites is 1. The van der Waals surface area contributed by atoms with Gasteiger partial charge in [-0.1, -0.05) is 25.5 Å². The zero-order valence-corrected chi connectivity index (χ0v) is 21.2. The van der Waals surface area contributed by atoms with Gasteiger partial charge in [0.2, 0.25) is 0 Å². The van der Waals surface area contributed by atoms with Crippen LogP contribution < -0.4 is 5.56 Å². The van der Waals surface area contributed by atoms with Gasteiger partial charge in [0.05, 0.1) is 17.4 Å². The van der Waals surface area contributed by atoms with Crippen molar-refractivity contribution in [3.8, 4) is 0 Å². The Morgan fingerprint density at radius 3 is 2.74 bits per heavy atom. The number of hydrogen-bond donors (Lipinski definition) is 0. The monoisotopic (exact) mass is 491 g/mol. The van der Waals surface area contributed by atoms with Gasteiger partial charge in [-0.2, -0.15) is 0 Å². The molecular formula is C26H29N5OS2. The number of aromatic nitrogens is 4. The lowest BCUT2D eigenvalue weighted by Gasteiger charge is -2.25. The third kappa shape index (κ3) is 4.06. The van der Waals surface area contributed by atoms with Gasteiger partial charge in [0.1, 0.15) is 15.7 Å². The molecular weight excluding hydrogens is 462 g/mol. The number of thiophene rings is 1. The van der Waals surface area contributed by atoms with E-state index < -0.39 is 0 Å². The first kappa shape index (κ1) is 22.2. The molecule has 34 heavy (non-hydrogen) atoms. The summed E-state index contributed by atoms with van der Waals surface area (Å²) in [5.74, 6) is 0.891. The summed E-state index contributed by atoms with van der Waals surface area (Å²) in [5.41, 5.74) is 2.19. The molecule has 6 nitrogen and oxygen atoms in total. The number of benzene rings is 1. The van der Waals surface area contributed by atoms with Crippen LogP contribution >= 0.6 is 23.1 Å². The Kier molecular flexibility index (Phi) is 6.13. The van der Waals surface area contributed by atoms with E-state index in [2.05, 4.69) is 11.8 Å². The van der Waals surface area contributed by atoms with Gasteiger partial charge in [-0.3, -0.25) is 14.3 Å². The summed E-state index contributed by atoms with van der Waals surface area (Å²) in [5, 5.41) is 3.56. The average Bonchev–Trinajstić information content (AvgIpc) is 3.43. The first-order valence-electron chi connectivity index (χ1n) is 12.4. The van der Waals surface area contributed by atoms with Crippen LogP contribution in [0.5, 0.6) is 0 Å². The Hall–Kier alpha value is -2.29. The second-order valence-electron chi connectivity index (χ2n) is 9.29. The number of rotatable bonds is 6. The fourth-order valence-electron chi connectivity index (χ4n) is 5.20. The van der Waals surface area contributed by atoms with Gasteiger partial charge < -0.3 is 0 Å². The highest BCUT2D eigenvalue weighted by molar-refractivity contribution is 7.99. The van der Waals surface area contributed by atoms with Crippen LogP contribution in [0.2, 0.25) is 0 Å². The van der Waals surface area contributed by atoms with Crippen molar-refractivity contribution in [3.63, 3.8) is 0 Å². The van der Waals surface area contributed by atoms with Crippen molar-refractivity contribution in [2.24, 2.45) is 0 Å². The number of piperidine rings is 1. The minimum absolute atomic E-state index is 0.0318. The van der Waals surface area contributed by atoms with Crippen LogP contribution in [0.1, 0.15) is 55.3 Å². The molecule has 0 amide bonds. The van der Waals surface area contributed by atoms with Crippen LogP contribution in [-0.2, 0) is 25.9 Å². The van der Waals surface area contributed by atoms with Gasteiger partial charge in [0.25, 0.3) is 5.56 Å². The summed E-state index contributed by atoms with van der Waals surface area (Å²) in [7, 11) is 0. The van der Waals surface area contributed by atoms with E-state index in [1.54, 1.807) is 11.8 Å². The van der Waals surface area contributed by atoms with Crippen molar-refractivity contribution in [1.82, 2.24) is 24.4 Å². The lowest BCUT2D eigenvalue weighted by atomic mass is 10.1. The molecule has 0 unspecified atom stereocenters. The predicted molar refractivity (Wildman–Crippen MR) is 139 cm³/mol. The molecule has 3 aromatic heterocycles. The average molecular weight is 492 g/mol. The minimum atomic E-state index is 0.0318. The van der Waals surface area contributed by atoms with Crippen LogP contribution in [0.4, 0.5) is 0 Å². The van der Waals surface area contributed by atoms with Crippen molar-refractivity contribution in [3.05, 3.63) is 50.9 Å². The normalized spacial score (nSPS) is 16.5. The summed E-state index contributed by atoms with van der Waals surface area (Å²) in [6.07, 6.45) is 8.12. The van der Waals surface area contributed by atoms with Crippen molar-refractivity contribution in [1.29, 1.82) is 0 Å². The first-order chi connectivity index (χ1) is 16.7. The molecule has 0 bridgehead atoms. The van der Waals surface area contributed by atoms with Gasteiger partial charge >= 0.3 is 0 Å². The third-order valence-electron chi connectivity index (χ3n) is 6.85. The van der Waals surface area contributed by atoms with E-state index in [4.69, 9.17) is 15.0 Å². The Bertz CT molecular complexity index is 1420. The number of aryl methyl sites for hydroxylation is 2. The van der Waals surface area contributed by atoms with Gasteiger partial charge in [0, 0.05) is 16.8 Å². The number of nitrogens with zero attached hydrogens (tertiary/aromatic N) is 5. The van der Waals surface area contributed by atoms with Crippen LogP contribution in [-0.4, -0.2) is 37.5 Å². The Labute approximate surface area is 207 Å². The Morgan fingerprint density at radius 1 is 1.03 bits per heavy atom. The topological polar surface area (TPSA) is 63.9 Å². The summed E-state index contributed by atoms with van der Waals surface area (Å²) in [6, 6.07) is 7.65. The molecule has 1 aliphatic carbocycles. The van der Waals surface area contributed by atoms with Crippen molar-refractivity contribution < 1.29 is 0 Å². The molecule has 8 heteroatoms. The maximum absolute atomic E-state index is 13.3. The predicted octanol–water partition coefficient (Wildman–Crippen LogP) is 5.44. The minimum Gasteiger partial charge on any atom is -0.296 e. The van der Waals surface area contributed by atoms with Gasteiger partial charge in [-0.05, 0) is 81.1 Å². The zero-order chi connectivity index (χ0) is 23.1. The third-order valence-corrected chi connectivity index (χ3v) is 9.02. The summed E-state index contributed by atoms with van der Waals surface area (Å²) in [6.45, 7) is 5.77. The largest absolute Gasteiger partial charge is 0.296 e. The van der Waals surface area contributed by atoms with Crippen LogP contribution in [0.25, 0.3) is 21.1 Å². The number of fused-ring (bicyclic) bond motifs is 4. The molecule has 0 radical (unpaired) electrons. The number of hydrogen-bond acceptors (Lipinski definition) is 7. The van der Waals surface area contributed by atoms with Gasteiger partial charge in [-0.15, -0.1) is 11.3 Å². The quantitative estimate of drug-likeness (QED) is 0.264. The smallest absolute Gasteiger partial charge is 0.262 e. The molecule has 6 rings (SSSR count). The van der Waals surface area contributed by atoms with E-state index in [-0.39, 0.29) is 5.56 Å². The fourth-order valence-corrected chi connectivity index (χ4v) is 7.62. The van der Waals surface area contributed by atoms with Crippen molar-refractivity contribution >= 4 is 44.2 Å². The second kappa shape index (κ2) is 9.40. The van der Waals surface area contributed by atoms with Crippen LogP contribution in [0.15, 0.2) is 39.2 Å². The Morgan fingerprint density at radius 2 is 1.88 bits per heavy atom. The molecule has 0 atom stereocenters. The SMILES string of the molecule is CCCn1c(Sc2nc(CN3CCCCC3)nc3sc4c(c23)CCC4)nc2ccccc2c1=O. The zero-order valence-electron chi connectivity index (χ0n) is 19.5. The molecule has 176 valence electrons. The van der Waals surface area contributed by atoms with Crippen molar-refractivity contribution in [2.45, 2.75) is 75.1 Å². The van der Waals surface area contributed by atoms with E-state index in [0.717, 1.165) is 65.3 Å².